The summed E-state index contributed by atoms with van der Waals surface area (Å²) in [5, 5.41) is 0. The van der Waals surface area contributed by atoms with Crippen molar-refractivity contribution in [1.29, 1.82) is 0 Å². The third-order valence-electron chi connectivity index (χ3n) is 4.86. The van der Waals surface area contributed by atoms with Crippen LogP contribution in [0.5, 0.6) is 5.75 Å². The van der Waals surface area contributed by atoms with Crippen molar-refractivity contribution in [2.75, 3.05) is 13.2 Å². The van der Waals surface area contributed by atoms with Crippen LogP contribution in [0.2, 0.25) is 0 Å². The van der Waals surface area contributed by atoms with Crippen molar-refractivity contribution in [3.63, 3.8) is 0 Å². The SMILES string of the molecule is CCOC(=O)C(C)(C)N1CCc2cc(OCc3ccccc3)ccc2C1=O. The number of amides is 1. The van der Waals surface area contributed by atoms with Crippen molar-refractivity contribution in [2.24, 2.45) is 0 Å². The molecule has 5 nitrogen and oxygen atoms in total. The number of carbonyl (C=O) groups excluding carboxylic acids is 2. The lowest BCUT2D eigenvalue weighted by Gasteiger charge is -2.39. The van der Waals surface area contributed by atoms with E-state index in [9.17, 15) is 9.59 Å². The molecule has 1 aliphatic rings. The van der Waals surface area contributed by atoms with Crippen LogP contribution in [-0.2, 0) is 22.6 Å². The van der Waals surface area contributed by atoms with Crippen LogP contribution in [0.4, 0.5) is 0 Å². The van der Waals surface area contributed by atoms with Crippen LogP contribution in [0.15, 0.2) is 48.5 Å². The zero-order valence-corrected chi connectivity index (χ0v) is 16.0. The highest BCUT2D eigenvalue weighted by molar-refractivity contribution is 6.00. The molecular formula is C22H25NO4. The van der Waals surface area contributed by atoms with Crippen LogP contribution in [0.25, 0.3) is 0 Å². The third-order valence-corrected chi connectivity index (χ3v) is 4.86. The summed E-state index contributed by atoms with van der Waals surface area (Å²) >= 11 is 0. The van der Waals surface area contributed by atoms with Gasteiger partial charge in [0.2, 0.25) is 0 Å². The van der Waals surface area contributed by atoms with Crippen molar-refractivity contribution >= 4 is 11.9 Å². The number of hydrogen-bond donors (Lipinski definition) is 0. The van der Waals surface area contributed by atoms with Gasteiger partial charge in [0, 0.05) is 12.1 Å². The first-order chi connectivity index (χ1) is 12.9. The minimum absolute atomic E-state index is 0.149. The molecule has 2 aromatic carbocycles. The van der Waals surface area contributed by atoms with Gasteiger partial charge in [-0.2, -0.15) is 0 Å². The highest BCUT2D eigenvalue weighted by Gasteiger charge is 2.41. The summed E-state index contributed by atoms with van der Waals surface area (Å²) in [7, 11) is 0. The summed E-state index contributed by atoms with van der Waals surface area (Å²) in [4.78, 5) is 26.8. The molecule has 5 heteroatoms. The molecular weight excluding hydrogens is 342 g/mol. The molecule has 27 heavy (non-hydrogen) atoms. The Kier molecular flexibility index (Phi) is 5.49. The second-order valence-electron chi connectivity index (χ2n) is 7.08. The lowest BCUT2D eigenvalue weighted by atomic mass is 9.93. The fourth-order valence-corrected chi connectivity index (χ4v) is 3.25. The molecule has 0 N–H and O–H groups in total. The van der Waals surface area contributed by atoms with Crippen LogP contribution in [0, 0.1) is 0 Å². The number of ether oxygens (including phenoxy) is 2. The van der Waals surface area contributed by atoms with Gasteiger partial charge < -0.3 is 14.4 Å². The number of rotatable bonds is 6. The normalized spacial score (nSPS) is 13.9. The van der Waals surface area contributed by atoms with E-state index in [-0.39, 0.29) is 11.9 Å². The molecule has 0 aliphatic carbocycles. The number of hydrogen-bond acceptors (Lipinski definition) is 4. The summed E-state index contributed by atoms with van der Waals surface area (Å²) in [5.74, 6) is 0.206. The average Bonchev–Trinajstić information content (AvgIpc) is 2.67. The van der Waals surface area contributed by atoms with E-state index in [0.717, 1.165) is 16.9 Å². The topological polar surface area (TPSA) is 55.8 Å². The summed E-state index contributed by atoms with van der Waals surface area (Å²) in [5.41, 5.74) is 1.66. The van der Waals surface area contributed by atoms with Crippen molar-refractivity contribution in [2.45, 2.75) is 39.3 Å². The Balaban J connectivity index is 1.74. The quantitative estimate of drug-likeness (QED) is 0.732. The zero-order valence-electron chi connectivity index (χ0n) is 16.0. The van der Waals surface area contributed by atoms with Gasteiger partial charge in [-0.3, -0.25) is 4.79 Å². The van der Waals surface area contributed by atoms with Crippen molar-refractivity contribution in [3.8, 4) is 5.75 Å². The van der Waals surface area contributed by atoms with Crippen LogP contribution in [0.3, 0.4) is 0 Å². The number of carbonyl (C=O) groups is 2. The van der Waals surface area contributed by atoms with Crippen LogP contribution in [0.1, 0.15) is 42.3 Å². The van der Waals surface area contributed by atoms with Gasteiger partial charge >= 0.3 is 5.97 Å². The van der Waals surface area contributed by atoms with E-state index in [1.54, 1.807) is 37.8 Å². The molecule has 0 saturated carbocycles. The largest absolute Gasteiger partial charge is 0.489 e. The van der Waals surface area contributed by atoms with E-state index in [4.69, 9.17) is 9.47 Å². The van der Waals surface area contributed by atoms with Gasteiger partial charge in [0.1, 0.15) is 17.9 Å². The van der Waals surface area contributed by atoms with Crippen LogP contribution >= 0.6 is 0 Å². The van der Waals surface area contributed by atoms with Gasteiger partial charge in [-0.25, -0.2) is 4.79 Å². The molecule has 3 rings (SSSR count). The van der Waals surface area contributed by atoms with E-state index in [1.807, 2.05) is 36.4 Å². The van der Waals surface area contributed by atoms with Gasteiger partial charge in [-0.15, -0.1) is 0 Å². The molecule has 0 unspecified atom stereocenters. The Hall–Kier alpha value is -2.82. The maximum atomic E-state index is 12.9. The Bertz CT molecular complexity index is 829. The molecule has 0 spiro atoms. The second-order valence-corrected chi connectivity index (χ2v) is 7.08. The summed E-state index contributed by atoms with van der Waals surface area (Å²) in [6.07, 6.45) is 0.673. The van der Waals surface area contributed by atoms with Gasteiger partial charge in [0.25, 0.3) is 5.91 Å². The summed E-state index contributed by atoms with van der Waals surface area (Å²) < 4.78 is 11.0. The molecule has 1 aliphatic heterocycles. The first-order valence-electron chi connectivity index (χ1n) is 9.22. The summed E-state index contributed by atoms with van der Waals surface area (Å²) in [6, 6.07) is 15.5. The van der Waals surface area contributed by atoms with Crippen molar-refractivity contribution in [3.05, 3.63) is 65.2 Å². The first kappa shape index (κ1) is 19.0. The fraction of sp³-hybridized carbons (Fsp3) is 0.364. The molecule has 0 saturated heterocycles. The molecule has 0 aromatic heterocycles. The van der Waals surface area contributed by atoms with E-state index in [1.165, 1.54) is 0 Å². The lowest BCUT2D eigenvalue weighted by Crippen LogP contribution is -2.56. The van der Waals surface area contributed by atoms with Crippen LogP contribution < -0.4 is 4.74 Å². The van der Waals surface area contributed by atoms with Crippen LogP contribution in [-0.4, -0.2) is 35.5 Å². The Morgan fingerprint density at radius 3 is 2.59 bits per heavy atom. The molecule has 0 atom stereocenters. The van der Waals surface area contributed by atoms with Crippen molar-refractivity contribution < 1.29 is 19.1 Å². The van der Waals surface area contributed by atoms with Gasteiger partial charge in [0.05, 0.1) is 6.61 Å². The third kappa shape index (κ3) is 3.97. The molecule has 0 bridgehead atoms. The molecule has 0 fully saturated rings. The molecule has 0 radical (unpaired) electrons. The highest BCUT2D eigenvalue weighted by Crippen LogP contribution is 2.29. The molecule has 2 aromatic rings. The number of nitrogens with zero attached hydrogens (tertiary/aromatic N) is 1. The van der Waals surface area contributed by atoms with E-state index >= 15 is 0 Å². The smallest absolute Gasteiger partial charge is 0.331 e. The lowest BCUT2D eigenvalue weighted by molar-refractivity contribution is -0.154. The second kappa shape index (κ2) is 7.82. The van der Waals surface area contributed by atoms with E-state index < -0.39 is 5.54 Å². The van der Waals surface area contributed by atoms with E-state index in [0.29, 0.717) is 31.7 Å². The minimum atomic E-state index is -0.993. The maximum Gasteiger partial charge on any atom is 0.331 e. The Morgan fingerprint density at radius 2 is 1.89 bits per heavy atom. The van der Waals surface area contributed by atoms with Crippen molar-refractivity contribution in [1.82, 2.24) is 4.90 Å². The average molecular weight is 367 g/mol. The van der Waals surface area contributed by atoms with Gasteiger partial charge in [-0.05, 0) is 56.5 Å². The number of esters is 1. The minimum Gasteiger partial charge on any atom is -0.489 e. The molecule has 1 amide bonds. The van der Waals surface area contributed by atoms with Gasteiger partial charge in [0.15, 0.2) is 0 Å². The highest BCUT2D eigenvalue weighted by atomic mass is 16.5. The number of benzene rings is 2. The number of fused-ring (bicyclic) bond motifs is 1. The first-order valence-corrected chi connectivity index (χ1v) is 9.22. The Morgan fingerprint density at radius 1 is 1.15 bits per heavy atom. The Labute approximate surface area is 159 Å². The molecule has 1 heterocycles. The standard InChI is InChI=1S/C22H25NO4/c1-4-26-21(25)22(2,3)23-13-12-17-14-18(10-11-19(17)20(23)24)27-15-16-8-6-5-7-9-16/h5-11,14H,4,12-13,15H2,1-3H3. The predicted molar refractivity (Wildman–Crippen MR) is 103 cm³/mol. The monoisotopic (exact) mass is 367 g/mol. The zero-order chi connectivity index (χ0) is 19.4. The maximum absolute atomic E-state index is 12.9. The van der Waals surface area contributed by atoms with E-state index in [2.05, 4.69) is 0 Å². The van der Waals surface area contributed by atoms with Gasteiger partial charge in [-0.1, -0.05) is 30.3 Å². The fourth-order valence-electron chi connectivity index (χ4n) is 3.25. The predicted octanol–water partition coefficient (Wildman–Crippen LogP) is 3.61. The summed E-state index contributed by atoms with van der Waals surface area (Å²) in [6.45, 7) is 6.47. The molecule has 142 valence electrons.